The number of rotatable bonds is 7. The smallest absolute Gasteiger partial charge is 0.432 e. The van der Waals surface area contributed by atoms with Crippen LogP contribution in [0.4, 0.5) is 4.79 Å². The van der Waals surface area contributed by atoms with Gasteiger partial charge in [-0.1, -0.05) is 26.2 Å². The molecule has 15 heavy (non-hydrogen) atoms. The molecule has 0 aromatic carbocycles. The lowest BCUT2D eigenvalue weighted by atomic mass is 10.1. The Balaban J connectivity index is 3.46. The van der Waals surface area contributed by atoms with Gasteiger partial charge in [0.05, 0.1) is 6.10 Å². The highest BCUT2D eigenvalue weighted by Crippen LogP contribution is 2.08. The minimum atomic E-state index is -0.548. The standard InChI is InChI=1S/C12H24O3/c1-5-6-7-8-9-11(4)15-12(13)14-10(2)3/h10-11H,5-9H2,1-4H3. The van der Waals surface area contributed by atoms with E-state index in [0.29, 0.717) is 0 Å². The zero-order valence-corrected chi connectivity index (χ0v) is 10.4. The van der Waals surface area contributed by atoms with Crippen molar-refractivity contribution in [3.8, 4) is 0 Å². The van der Waals surface area contributed by atoms with Crippen molar-refractivity contribution in [1.82, 2.24) is 0 Å². The van der Waals surface area contributed by atoms with E-state index in [0.717, 1.165) is 12.8 Å². The zero-order chi connectivity index (χ0) is 11.7. The molecule has 0 spiro atoms. The lowest BCUT2D eigenvalue weighted by Gasteiger charge is -2.14. The van der Waals surface area contributed by atoms with Gasteiger partial charge in [0, 0.05) is 0 Å². The second-order valence-electron chi connectivity index (χ2n) is 4.19. The van der Waals surface area contributed by atoms with Gasteiger partial charge in [-0.25, -0.2) is 4.79 Å². The van der Waals surface area contributed by atoms with Crippen LogP contribution < -0.4 is 0 Å². The molecular weight excluding hydrogens is 192 g/mol. The highest BCUT2D eigenvalue weighted by atomic mass is 16.7. The van der Waals surface area contributed by atoms with E-state index in [1.807, 2.05) is 20.8 Å². The average Bonchev–Trinajstić information content (AvgIpc) is 2.10. The van der Waals surface area contributed by atoms with Gasteiger partial charge in [-0.15, -0.1) is 0 Å². The van der Waals surface area contributed by atoms with Gasteiger partial charge in [0.2, 0.25) is 0 Å². The summed E-state index contributed by atoms with van der Waals surface area (Å²) in [6.07, 6.45) is 5.04. The van der Waals surface area contributed by atoms with Gasteiger partial charge in [0.15, 0.2) is 0 Å². The van der Waals surface area contributed by atoms with Crippen molar-refractivity contribution >= 4 is 6.16 Å². The number of ether oxygens (including phenoxy) is 2. The van der Waals surface area contributed by atoms with Gasteiger partial charge in [0.1, 0.15) is 6.10 Å². The summed E-state index contributed by atoms with van der Waals surface area (Å²) >= 11 is 0. The number of unbranched alkanes of at least 4 members (excludes halogenated alkanes) is 3. The normalized spacial score (nSPS) is 12.6. The van der Waals surface area contributed by atoms with Gasteiger partial charge < -0.3 is 9.47 Å². The predicted molar refractivity (Wildman–Crippen MR) is 60.9 cm³/mol. The molecule has 1 atom stereocenters. The van der Waals surface area contributed by atoms with Gasteiger partial charge in [-0.3, -0.25) is 0 Å². The fourth-order valence-electron chi connectivity index (χ4n) is 1.30. The summed E-state index contributed by atoms with van der Waals surface area (Å²) < 4.78 is 9.97. The van der Waals surface area contributed by atoms with Crippen LogP contribution in [0.25, 0.3) is 0 Å². The number of hydrogen-bond donors (Lipinski definition) is 0. The van der Waals surface area contributed by atoms with E-state index in [-0.39, 0.29) is 12.2 Å². The summed E-state index contributed by atoms with van der Waals surface area (Å²) in [5.41, 5.74) is 0. The lowest BCUT2D eigenvalue weighted by Crippen LogP contribution is -2.19. The Hall–Kier alpha value is -0.730. The van der Waals surface area contributed by atoms with Crippen LogP contribution in [0.2, 0.25) is 0 Å². The van der Waals surface area contributed by atoms with Crippen molar-refractivity contribution in [2.75, 3.05) is 0 Å². The van der Waals surface area contributed by atoms with Gasteiger partial charge in [-0.05, 0) is 33.6 Å². The van der Waals surface area contributed by atoms with E-state index in [2.05, 4.69) is 6.92 Å². The molecule has 0 N–H and O–H groups in total. The molecule has 0 amide bonds. The Labute approximate surface area is 93.1 Å². The molecule has 3 nitrogen and oxygen atoms in total. The SMILES string of the molecule is CCCCCCC(C)OC(=O)OC(C)C. The maximum Gasteiger partial charge on any atom is 0.508 e. The molecule has 0 saturated heterocycles. The molecule has 0 fully saturated rings. The van der Waals surface area contributed by atoms with Crippen molar-refractivity contribution in [2.45, 2.75) is 72.0 Å². The quantitative estimate of drug-likeness (QED) is 0.478. The van der Waals surface area contributed by atoms with E-state index in [1.54, 1.807) is 0 Å². The summed E-state index contributed by atoms with van der Waals surface area (Å²) in [5.74, 6) is 0. The van der Waals surface area contributed by atoms with Gasteiger partial charge in [-0.2, -0.15) is 0 Å². The fourth-order valence-corrected chi connectivity index (χ4v) is 1.30. The molecule has 0 aliphatic rings. The van der Waals surface area contributed by atoms with Crippen molar-refractivity contribution in [3.63, 3.8) is 0 Å². The van der Waals surface area contributed by atoms with Crippen molar-refractivity contribution < 1.29 is 14.3 Å². The maximum atomic E-state index is 11.1. The first-order valence-corrected chi connectivity index (χ1v) is 5.93. The van der Waals surface area contributed by atoms with Crippen LogP contribution in [0.15, 0.2) is 0 Å². The lowest BCUT2D eigenvalue weighted by molar-refractivity contribution is 0.00940. The summed E-state index contributed by atoms with van der Waals surface area (Å²) in [6, 6.07) is 0. The molecule has 0 aliphatic heterocycles. The Morgan fingerprint density at radius 3 is 2.27 bits per heavy atom. The van der Waals surface area contributed by atoms with Gasteiger partial charge >= 0.3 is 6.16 Å². The Morgan fingerprint density at radius 2 is 1.73 bits per heavy atom. The first-order valence-electron chi connectivity index (χ1n) is 5.93. The molecule has 90 valence electrons. The van der Waals surface area contributed by atoms with Crippen molar-refractivity contribution in [2.24, 2.45) is 0 Å². The molecule has 1 unspecified atom stereocenters. The topological polar surface area (TPSA) is 35.5 Å². The summed E-state index contributed by atoms with van der Waals surface area (Å²) in [4.78, 5) is 11.1. The molecule has 0 radical (unpaired) electrons. The minimum absolute atomic E-state index is 0.0342. The van der Waals surface area contributed by atoms with Crippen LogP contribution >= 0.6 is 0 Å². The first kappa shape index (κ1) is 14.3. The predicted octanol–water partition coefficient (Wildman–Crippen LogP) is 3.91. The molecule has 0 aromatic heterocycles. The maximum absolute atomic E-state index is 11.1. The highest BCUT2D eigenvalue weighted by molar-refractivity contribution is 5.60. The van der Waals surface area contributed by atoms with E-state index in [9.17, 15) is 4.79 Å². The molecule has 0 heterocycles. The minimum Gasteiger partial charge on any atom is -0.432 e. The van der Waals surface area contributed by atoms with Crippen LogP contribution in [-0.2, 0) is 9.47 Å². The molecule has 0 aromatic rings. The zero-order valence-electron chi connectivity index (χ0n) is 10.4. The number of carbonyl (C=O) groups excluding carboxylic acids is 1. The van der Waals surface area contributed by atoms with Crippen molar-refractivity contribution in [3.05, 3.63) is 0 Å². The first-order chi connectivity index (χ1) is 7.06. The van der Waals surface area contributed by atoms with E-state index >= 15 is 0 Å². The molecule has 3 heteroatoms. The van der Waals surface area contributed by atoms with Crippen LogP contribution in [0.5, 0.6) is 0 Å². The van der Waals surface area contributed by atoms with Gasteiger partial charge in [0.25, 0.3) is 0 Å². The summed E-state index contributed by atoms with van der Waals surface area (Å²) in [7, 11) is 0. The molecule has 0 rings (SSSR count). The highest BCUT2D eigenvalue weighted by Gasteiger charge is 2.11. The Morgan fingerprint density at radius 1 is 1.07 bits per heavy atom. The number of hydrogen-bond acceptors (Lipinski definition) is 3. The number of carbonyl (C=O) groups is 1. The third kappa shape index (κ3) is 9.57. The second kappa shape index (κ2) is 8.57. The van der Waals surface area contributed by atoms with E-state index in [4.69, 9.17) is 9.47 Å². The molecule has 0 aliphatic carbocycles. The second-order valence-corrected chi connectivity index (χ2v) is 4.19. The van der Waals surface area contributed by atoms with Crippen LogP contribution in [-0.4, -0.2) is 18.4 Å². The molecular formula is C12H24O3. The average molecular weight is 216 g/mol. The fraction of sp³-hybridized carbons (Fsp3) is 0.917. The van der Waals surface area contributed by atoms with E-state index < -0.39 is 6.16 Å². The summed E-state index contributed by atoms with van der Waals surface area (Å²) in [6.45, 7) is 7.72. The third-order valence-electron chi connectivity index (χ3n) is 2.09. The largest absolute Gasteiger partial charge is 0.508 e. The third-order valence-corrected chi connectivity index (χ3v) is 2.09. The Bertz CT molecular complexity index is 166. The van der Waals surface area contributed by atoms with Crippen LogP contribution in [0.3, 0.4) is 0 Å². The molecule has 0 saturated carbocycles. The van der Waals surface area contributed by atoms with Crippen LogP contribution in [0, 0.1) is 0 Å². The Kier molecular flexibility index (Phi) is 8.15. The van der Waals surface area contributed by atoms with E-state index in [1.165, 1.54) is 19.3 Å². The molecule has 0 bridgehead atoms. The summed E-state index contributed by atoms with van der Waals surface area (Å²) in [5, 5.41) is 0. The monoisotopic (exact) mass is 216 g/mol. The van der Waals surface area contributed by atoms with Crippen LogP contribution in [0.1, 0.15) is 59.8 Å². The van der Waals surface area contributed by atoms with Crippen molar-refractivity contribution in [1.29, 1.82) is 0 Å².